The smallest absolute Gasteiger partial charge is 0.253 e. The van der Waals surface area contributed by atoms with E-state index < -0.39 is 5.91 Å². The Kier molecular flexibility index (Phi) is 7.73. The van der Waals surface area contributed by atoms with Crippen molar-refractivity contribution in [2.24, 2.45) is 0 Å². The van der Waals surface area contributed by atoms with Crippen molar-refractivity contribution in [3.05, 3.63) is 83.4 Å². The average molecular weight is 400 g/mol. The summed E-state index contributed by atoms with van der Waals surface area (Å²) in [6.45, 7) is 3.91. The van der Waals surface area contributed by atoms with E-state index in [1.165, 1.54) is 6.08 Å². The van der Waals surface area contributed by atoms with Gasteiger partial charge in [0.25, 0.3) is 5.91 Å². The SMILES string of the molecule is C=CCNC(=O)c1ccccc1NC(=S)NC(=O)/C=C/c1ccc(Cl)cc1. The molecule has 0 fully saturated rings. The second kappa shape index (κ2) is 10.3. The molecule has 0 unspecified atom stereocenters. The lowest BCUT2D eigenvalue weighted by atomic mass is 10.1. The minimum atomic E-state index is -0.393. The lowest BCUT2D eigenvalue weighted by Crippen LogP contribution is -2.34. The number of amides is 2. The zero-order valence-corrected chi connectivity index (χ0v) is 15.9. The van der Waals surface area contributed by atoms with Crippen LogP contribution in [-0.4, -0.2) is 23.5 Å². The van der Waals surface area contributed by atoms with E-state index in [-0.39, 0.29) is 11.0 Å². The molecule has 7 heteroatoms. The molecular weight excluding hydrogens is 382 g/mol. The van der Waals surface area contributed by atoms with Crippen LogP contribution in [0.2, 0.25) is 5.02 Å². The van der Waals surface area contributed by atoms with Crippen molar-refractivity contribution in [2.45, 2.75) is 0 Å². The summed E-state index contributed by atoms with van der Waals surface area (Å²) in [6.07, 6.45) is 4.59. The zero-order valence-electron chi connectivity index (χ0n) is 14.4. The minimum Gasteiger partial charge on any atom is -0.349 e. The van der Waals surface area contributed by atoms with Gasteiger partial charge in [0.15, 0.2) is 5.11 Å². The Morgan fingerprint density at radius 1 is 1.11 bits per heavy atom. The third kappa shape index (κ3) is 6.69. The molecule has 0 aliphatic rings. The molecule has 0 radical (unpaired) electrons. The predicted octanol–water partition coefficient (Wildman–Crippen LogP) is 3.78. The van der Waals surface area contributed by atoms with Gasteiger partial charge in [0.2, 0.25) is 5.91 Å². The fourth-order valence-corrected chi connectivity index (χ4v) is 2.44. The minimum absolute atomic E-state index is 0.0877. The van der Waals surface area contributed by atoms with Crippen molar-refractivity contribution in [1.29, 1.82) is 0 Å². The Balaban J connectivity index is 1.97. The van der Waals surface area contributed by atoms with Crippen LogP contribution in [0, 0.1) is 0 Å². The summed E-state index contributed by atoms with van der Waals surface area (Å²) >= 11 is 11.0. The molecule has 0 saturated carbocycles. The van der Waals surface area contributed by atoms with Gasteiger partial charge in [-0.05, 0) is 48.1 Å². The number of hydrogen-bond donors (Lipinski definition) is 3. The Morgan fingerprint density at radius 3 is 2.52 bits per heavy atom. The van der Waals surface area contributed by atoms with Gasteiger partial charge in [0, 0.05) is 17.6 Å². The van der Waals surface area contributed by atoms with Crippen LogP contribution < -0.4 is 16.0 Å². The lowest BCUT2D eigenvalue weighted by molar-refractivity contribution is -0.115. The van der Waals surface area contributed by atoms with Crippen LogP contribution in [0.5, 0.6) is 0 Å². The zero-order chi connectivity index (χ0) is 19.6. The highest BCUT2D eigenvalue weighted by molar-refractivity contribution is 7.80. The van der Waals surface area contributed by atoms with Crippen molar-refractivity contribution < 1.29 is 9.59 Å². The molecule has 0 aliphatic carbocycles. The summed E-state index contributed by atoms with van der Waals surface area (Å²) < 4.78 is 0. The Labute approximate surface area is 168 Å². The third-order valence-electron chi connectivity index (χ3n) is 3.36. The monoisotopic (exact) mass is 399 g/mol. The summed E-state index contributed by atoms with van der Waals surface area (Å²) in [4.78, 5) is 24.2. The van der Waals surface area contributed by atoms with E-state index in [2.05, 4.69) is 22.5 Å². The second-order valence-corrected chi connectivity index (χ2v) is 6.22. The van der Waals surface area contributed by atoms with E-state index in [1.54, 1.807) is 60.7 Å². The molecule has 0 heterocycles. The van der Waals surface area contributed by atoms with Gasteiger partial charge in [-0.15, -0.1) is 6.58 Å². The maximum absolute atomic E-state index is 12.2. The van der Waals surface area contributed by atoms with Crippen LogP contribution in [0.1, 0.15) is 15.9 Å². The molecule has 2 amide bonds. The standard InChI is InChI=1S/C20H18ClN3O2S/c1-2-13-22-19(26)16-5-3-4-6-17(16)23-20(27)24-18(25)12-9-14-7-10-15(21)11-8-14/h2-12H,1,13H2,(H,22,26)(H2,23,24,25,27)/b12-9+. The summed E-state index contributed by atoms with van der Waals surface area (Å²) in [6, 6.07) is 13.9. The molecular formula is C20H18ClN3O2S. The van der Waals surface area contributed by atoms with Crippen molar-refractivity contribution in [3.63, 3.8) is 0 Å². The van der Waals surface area contributed by atoms with E-state index in [1.807, 2.05) is 0 Å². The Hall–Kier alpha value is -2.96. The van der Waals surface area contributed by atoms with Gasteiger partial charge < -0.3 is 10.6 Å². The first-order chi connectivity index (χ1) is 13.0. The second-order valence-electron chi connectivity index (χ2n) is 5.37. The van der Waals surface area contributed by atoms with E-state index >= 15 is 0 Å². The quantitative estimate of drug-likeness (QED) is 0.392. The molecule has 0 spiro atoms. The number of benzene rings is 2. The molecule has 3 N–H and O–H groups in total. The van der Waals surface area contributed by atoms with E-state index in [0.29, 0.717) is 22.8 Å². The van der Waals surface area contributed by atoms with Crippen LogP contribution in [0.15, 0.2) is 67.3 Å². The number of nitrogens with one attached hydrogen (secondary N) is 3. The highest BCUT2D eigenvalue weighted by Gasteiger charge is 2.11. The van der Waals surface area contributed by atoms with Crippen molar-refractivity contribution in [1.82, 2.24) is 10.6 Å². The van der Waals surface area contributed by atoms with Gasteiger partial charge in [-0.3, -0.25) is 14.9 Å². The first-order valence-electron chi connectivity index (χ1n) is 8.03. The number of carbonyl (C=O) groups excluding carboxylic acids is 2. The summed E-state index contributed by atoms with van der Waals surface area (Å²) in [5.74, 6) is -0.661. The fraction of sp³-hybridized carbons (Fsp3) is 0.0500. The predicted molar refractivity (Wildman–Crippen MR) is 114 cm³/mol. The summed E-state index contributed by atoms with van der Waals surface area (Å²) in [5.41, 5.74) is 1.73. The van der Waals surface area contributed by atoms with E-state index in [4.69, 9.17) is 23.8 Å². The van der Waals surface area contributed by atoms with Gasteiger partial charge >= 0.3 is 0 Å². The highest BCUT2D eigenvalue weighted by atomic mass is 35.5. The van der Waals surface area contributed by atoms with Crippen molar-refractivity contribution in [2.75, 3.05) is 11.9 Å². The van der Waals surface area contributed by atoms with E-state index in [9.17, 15) is 9.59 Å². The number of rotatable bonds is 6. The number of hydrogen-bond acceptors (Lipinski definition) is 3. The highest BCUT2D eigenvalue weighted by Crippen LogP contribution is 2.15. The van der Waals surface area contributed by atoms with Gasteiger partial charge in [0.1, 0.15) is 0 Å². The Bertz CT molecular complexity index is 879. The molecule has 0 aromatic heterocycles. The van der Waals surface area contributed by atoms with Gasteiger partial charge in [-0.1, -0.05) is 41.9 Å². The number of anilines is 1. The molecule has 138 valence electrons. The van der Waals surface area contributed by atoms with Crippen LogP contribution in [0.25, 0.3) is 6.08 Å². The molecule has 0 bridgehead atoms. The molecule has 5 nitrogen and oxygen atoms in total. The average Bonchev–Trinajstić information content (AvgIpc) is 2.66. The third-order valence-corrected chi connectivity index (χ3v) is 3.82. The number of halogens is 1. The molecule has 0 atom stereocenters. The number of thiocarbonyl (C=S) groups is 1. The van der Waals surface area contributed by atoms with Crippen LogP contribution in [0.4, 0.5) is 5.69 Å². The van der Waals surface area contributed by atoms with Crippen LogP contribution >= 0.6 is 23.8 Å². The maximum Gasteiger partial charge on any atom is 0.253 e. The van der Waals surface area contributed by atoms with Crippen molar-refractivity contribution in [3.8, 4) is 0 Å². The molecule has 2 aromatic rings. The molecule has 0 saturated heterocycles. The summed E-state index contributed by atoms with van der Waals surface area (Å²) in [7, 11) is 0. The first-order valence-corrected chi connectivity index (χ1v) is 8.82. The lowest BCUT2D eigenvalue weighted by Gasteiger charge is -2.12. The summed E-state index contributed by atoms with van der Waals surface area (Å²) in [5, 5.41) is 8.81. The maximum atomic E-state index is 12.2. The van der Waals surface area contributed by atoms with Crippen LogP contribution in [0.3, 0.4) is 0 Å². The molecule has 27 heavy (non-hydrogen) atoms. The fourth-order valence-electron chi connectivity index (χ4n) is 2.10. The number of para-hydroxylation sites is 1. The Morgan fingerprint density at radius 2 is 1.81 bits per heavy atom. The normalized spacial score (nSPS) is 10.3. The molecule has 0 aliphatic heterocycles. The first kappa shape index (κ1) is 20.4. The van der Waals surface area contributed by atoms with Crippen LogP contribution in [-0.2, 0) is 4.79 Å². The molecule has 2 rings (SSSR count). The van der Waals surface area contributed by atoms with Gasteiger partial charge in [-0.25, -0.2) is 0 Å². The topological polar surface area (TPSA) is 70.2 Å². The van der Waals surface area contributed by atoms with Gasteiger partial charge in [-0.2, -0.15) is 0 Å². The van der Waals surface area contributed by atoms with E-state index in [0.717, 1.165) is 5.56 Å². The molecule has 2 aromatic carbocycles. The van der Waals surface area contributed by atoms with Crippen molar-refractivity contribution >= 4 is 52.5 Å². The van der Waals surface area contributed by atoms with Gasteiger partial charge in [0.05, 0.1) is 11.3 Å². The number of carbonyl (C=O) groups is 2. The largest absolute Gasteiger partial charge is 0.349 e.